The number of furan rings is 1. The third kappa shape index (κ3) is 2.48. The summed E-state index contributed by atoms with van der Waals surface area (Å²) in [6.07, 6.45) is 3.21. The first-order valence-electron chi connectivity index (χ1n) is 8.30. The van der Waals surface area contributed by atoms with Gasteiger partial charge in [-0.05, 0) is 51.7 Å². The molecule has 0 aromatic carbocycles. The van der Waals surface area contributed by atoms with E-state index in [1.54, 1.807) is 0 Å². The minimum Gasteiger partial charge on any atom is -0.466 e. The van der Waals surface area contributed by atoms with Crippen LogP contribution in [0.15, 0.2) is 21.1 Å². The summed E-state index contributed by atoms with van der Waals surface area (Å²) in [5, 5.41) is 4.00. The number of rotatable bonds is 4. The van der Waals surface area contributed by atoms with Crippen LogP contribution >= 0.6 is 0 Å². The van der Waals surface area contributed by atoms with Gasteiger partial charge < -0.3 is 8.94 Å². The number of aryl methyl sites for hydroxylation is 1. The van der Waals surface area contributed by atoms with Gasteiger partial charge in [-0.3, -0.25) is 0 Å². The third-order valence-electron chi connectivity index (χ3n) is 5.11. The summed E-state index contributed by atoms with van der Waals surface area (Å²) in [5.74, 6) is 2.30. The van der Waals surface area contributed by atoms with Gasteiger partial charge in [0.15, 0.2) is 5.82 Å². The van der Waals surface area contributed by atoms with Crippen LogP contribution in [0, 0.1) is 6.92 Å². The van der Waals surface area contributed by atoms with Crippen LogP contribution in [-0.2, 0) is 16.6 Å². The summed E-state index contributed by atoms with van der Waals surface area (Å²) in [6, 6.07) is 3.78. The number of hydrogen-bond donors (Lipinski definition) is 0. The lowest BCUT2D eigenvalue weighted by Gasteiger charge is -2.31. The quantitative estimate of drug-likeness (QED) is 0.841. The molecule has 7 nitrogen and oxygen atoms in total. The molecule has 3 heterocycles. The van der Waals surface area contributed by atoms with E-state index in [0.29, 0.717) is 18.3 Å². The van der Waals surface area contributed by atoms with Crippen LogP contribution in [-0.4, -0.2) is 34.2 Å². The predicted molar refractivity (Wildman–Crippen MR) is 85.8 cm³/mol. The first kappa shape index (κ1) is 15.8. The molecule has 0 amide bonds. The molecule has 1 unspecified atom stereocenters. The molecule has 0 bridgehead atoms. The van der Waals surface area contributed by atoms with E-state index in [1.807, 2.05) is 26.0 Å². The van der Waals surface area contributed by atoms with Crippen molar-refractivity contribution in [1.82, 2.24) is 14.4 Å². The topological polar surface area (TPSA) is 89.4 Å². The van der Waals surface area contributed by atoms with Gasteiger partial charge in [0, 0.05) is 6.54 Å². The Balaban J connectivity index is 1.51. The third-order valence-corrected chi connectivity index (χ3v) is 7.80. The average Bonchev–Trinajstić information content (AvgIpc) is 2.98. The minimum absolute atomic E-state index is 0.135. The predicted octanol–water partition coefficient (Wildman–Crippen LogP) is 2.58. The van der Waals surface area contributed by atoms with Gasteiger partial charge in [-0.15, -0.1) is 0 Å². The van der Waals surface area contributed by atoms with E-state index in [-0.39, 0.29) is 12.5 Å². The standard InChI is InChI=1S/C16H21N3O4S/c1-11-4-5-13(22-11)12(2)15-17-14(23-18-15)10-19-9-3-6-16(7-8-16)24(19,20)21/h4-5,12H,3,6-10H2,1-2H3. The van der Waals surface area contributed by atoms with E-state index in [4.69, 9.17) is 8.94 Å². The lowest BCUT2D eigenvalue weighted by atomic mass is 10.1. The lowest BCUT2D eigenvalue weighted by molar-refractivity contribution is 0.294. The van der Waals surface area contributed by atoms with Crippen molar-refractivity contribution in [2.45, 2.75) is 56.7 Å². The fourth-order valence-corrected chi connectivity index (χ4v) is 5.60. The molecule has 8 heteroatoms. The van der Waals surface area contributed by atoms with E-state index in [2.05, 4.69) is 10.1 Å². The van der Waals surface area contributed by atoms with Crippen LogP contribution in [0.1, 0.15) is 61.8 Å². The van der Waals surface area contributed by atoms with Gasteiger partial charge in [-0.1, -0.05) is 5.16 Å². The Morgan fingerprint density at radius 2 is 2.12 bits per heavy atom. The average molecular weight is 351 g/mol. The fraction of sp³-hybridized carbons (Fsp3) is 0.625. The molecule has 4 rings (SSSR count). The SMILES string of the molecule is Cc1ccc(C(C)c2noc(CN3CCCC4(CC4)S3(=O)=O)n2)o1. The summed E-state index contributed by atoms with van der Waals surface area (Å²) in [4.78, 5) is 4.38. The molecule has 1 saturated heterocycles. The van der Waals surface area contributed by atoms with Gasteiger partial charge in [-0.25, -0.2) is 8.42 Å². The summed E-state index contributed by atoms with van der Waals surface area (Å²) < 4.78 is 37.3. The van der Waals surface area contributed by atoms with Crippen LogP contribution in [0.4, 0.5) is 0 Å². The van der Waals surface area contributed by atoms with E-state index < -0.39 is 14.8 Å². The van der Waals surface area contributed by atoms with E-state index in [0.717, 1.165) is 37.2 Å². The molecule has 1 aliphatic heterocycles. The van der Waals surface area contributed by atoms with Crippen molar-refractivity contribution in [3.05, 3.63) is 35.4 Å². The molecule has 2 aliphatic rings. The van der Waals surface area contributed by atoms with Gasteiger partial charge in [-0.2, -0.15) is 9.29 Å². The minimum atomic E-state index is -3.26. The molecule has 1 spiro atoms. The number of aromatic nitrogens is 2. The monoisotopic (exact) mass is 351 g/mol. The maximum Gasteiger partial charge on any atom is 0.241 e. The van der Waals surface area contributed by atoms with Crippen molar-refractivity contribution in [1.29, 1.82) is 0 Å². The van der Waals surface area contributed by atoms with Crippen molar-refractivity contribution in [2.75, 3.05) is 6.54 Å². The molecule has 130 valence electrons. The Labute approximate surface area is 141 Å². The second kappa shape index (κ2) is 5.42. The molecule has 1 atom stereocenters. The second-order valence-corrected chi connectivity index (χ2v) is 9.17. The van der Waals surface area contributed by atoms with E-state index in [1.165, 1.54) is 4.31 Å². The Kier molecular flexibility index (Phi) is 3.58. The van der Waals surface area contributed by atoms with Crippen molar-refractivity contribution >= 4 is 10.0 Å². The maximum absolute atomic E-state index is 12.7. The van der Waals surface area contributed by atoms with Gasteiger partial charge in [0.2, 0.25) is 15.9 Å². The summed E-state index contributed by atoms with van der Waals surface area (Å²) in [7, 11) is -3.26. The molecule has 0 radical (unpaired) electrons. The molecule has 1 saturated carbocycles. The Morgan fingerprint density at radius 3 is 2.79 bits per heavy atom. The van der Waals surface area contributed by atoms with E-state index in [9.17, 15) is 8.42 Å². The van der Waals surface area contributed by atoms with Crippen LogP contribution in [0.2, 0.25) is 0 Å². The molecular formula is C16H21N3O4S. The van der Waals surface area contributed by atoms with Crippen molar-refractivity contribution in [3.8, 4) is 0 Å². The smallest absolute Gasteiger partial charge is 0.241 e. The zero-order chi connectivity index (χ0) is 16.9. The van der Waals surface area contributed by atoms with Gasteiger partial charge in [0.05, 0.1) is 17.2 Å². The van der Waals surface area contributed by atoms with Crippen LogP contribution in [0.25, 0.3) is 0 Å². The van der Waals surface area contributed by atoms with Gasteiger partial charge >= 0.3 is 0 Å². The highest BCUT2D eigenvalue weighted by Gasteiger charge is 2.58. The highest BCUT2D eigenvalue weighted by atomic mass is 32.2. The molecule has 24 heavy (non-hydrogen) atoms. The molecule has 2 fully saturated rings. The van der Waals surface area contributed by atoms with Crippen LogP contribution in [0.5, 0.6) is 0 Å². The Bertz CT molecular complexity index is 850. The zero-order valence-electron chi connectivity index (χ0n) is 13.9. The van der Waals surface area contributed by atoms with Crippen molar-refractivity contribution in [2.24, 2.45) is 0 Å². The summed E-state index contributed by atoms with van der Waals surface area (Å²) in [6.45, 7) is 4.49. The highest BCUT2D eigenvalue weighted by Crippen LogP contribution is 2.51. The van der Waals surface area contributed by atoms with Crippen LogP contribution in [0.3, 0.4) is 0 Å². The van der Waals surface area contributed by atoms with Gasteiger partial charge in [0.25, 0.3) is 0 Å². The first-order valence-corrected chi connectivity index (χ1v) is 9.74. The molecule has 0 N–H and O–H groups in total. The zero-order valence-corrected chi connectivity index (χ0v) is 14.7. The second-order valence-electron chi connectivity index (χ2n) is 6.84. The van der Waals surface area contributed by atoms with Crippen molar-refractivity contribution in [3.63, 3.8) is 0 Å². The molecule has 2 aromatic rings. The summed E-state index contributed by atoms with van der Waals surface area (Å²) >= 11 is 0. The molecule has 1 aliphatic carbocycles. The van der Waals surface area contributed by atoms with Gasteiger partial charge in [0.1, 0.15) is 11.5 Å². The van der Waals surface area contributed by atoms with Crippen LogP contribution < -0.4 is 0 Å². The normalized spacial score (nSPS) is 23.4. The van der Waals surface area contributed by atoms with E-state index >= 15 is 0 Å². The number of sulfonamides is 1. The molecular weight excluding hydrogens is 330 g/mol. The fourth-order valence-electron chi connectivity index (χ4n) is 3.38. The lowest BCUT2D eigenvalue weighted by Crippen LogP contribution is -2.44. The molecule has 2 aromatic heterocycles. The Morgan fingerprint density at radius 1 is 1.33 bits per heavy atom. The van der Waals surface area contributed by atoms with Crippen molar-refractivity contribution < 1.29 is 17.4 Å². The Hall–Kier alpha value is -1.67. The summed E-state index contributed by atoms with van der Waals surface area (Å²) in [5.41, 5.74) is 0. The number of hydrogen-bond acceptors (Lipinski definition) is 6. The maximum atomic E-state index is 12.7. The first-order chi connectivity index (χ1) is 11.4. The highest BCUT2D eigenvalue weighted by molar-refractivity contribution is 7.90. The largest absolute Gasteiger partial charge is 0.466 e. The number of nitrogens with zero attached hydrogens (tertiary/aromatic N) is 3.